The van der Waals surface area contributed by atoms with Crippen LogP contribution in [0, 0.1) is 5.41 Å². The van der Waals surface area contributed by atoms with Crippen molar-refractivity contribution in [1.82, 2.24) is 5.32 Å². The van der Waals surface area contributed by atoms with Gasteiger partial charge in [0.05, 0.1) is 0 Å². The summed E-state index contributed by atoms with van der Waals surface area (Å²) < 4.78 is 0. The number of hydrogen-bond acceptors (Lipinski definition) is 2. The summed E-state index contributed by atoms with van der Waals surface area (Å²) in [6.45, 7) is 4.51. The molecule has 2 heteroatoms. The molecule has 0 atom stereocenters. The molecule has 2 nitrogen and oxygen atoms in total. The zero-order chi connectivity index (χ0) is 12.7. The molecule has 1 saturated carbocycles. The summed E-state index contributed by atoms with van der Waals surface area (Å²) in [5.74, 6) is 1.38. The van der Waals surface area contributed by atoms with Gasteiger partial charge in [-0.05, 0) is 38.5 Å². The van der Waals surface area contributed by atoms with Gasteiger partial charge in [-0.1, -0.05) is 39.0 Å². The van der Waals surface area contributed by atoms with Gasteiger partial charge in [0.1, 0.15) is 5.84 Å². The summed E-state index contributed by atoms with van der Waals surface area (Å²) >= 11 is 0. The minimum atomic E-state index is 0.422. The summed E-state index contributed by atoms with van der Waals surface area (Å²) in [5, 5.41) is 3.69. The van der Waals surface area contributed by atoms with Crippen LogP contribution in [0.3, 0.4) is 0 Å². The minimum Gasteiger partial charge on any atom is -0.373 e. The lowest BCUT2D eigenvalue weighted by molar-refractivity contribution is 0.251. The smallest absolute Gasteiger partial charge is 0.103 e. The Kier molecular flexibility index (Phi) is 5.52. The average molecular weight is 250 g/mol. The molecule has 0 amide bonds. The molecule has 0 aromatic rings. The van der Waals surface area contributed by atoms with Crippen molar-refractivity contribution in [2.45, 2.75) is 77.6 Å². The lowest BCUT2D eigenvalue weighted by Gasteiger charge is -2.39. The highest BCUT2D eigenvalue weighted by molar-refractivity contribution is 5.88. The van der Waals surface area contributed by atoms with Crippen LogP contribution in [0.5, 0.6) is 0 Å². The predicted molar refractivity (Wildman–Crippen MR) is 79.2 cm³/mol. The maximum atomic E-state index is 4.94. The Labute approximate surface area is 113 Å². The summed E-state index contributed by atoms with van der Waals surface area (Å²) in [7, 11) is 0. The quantitative estimate of drug-likeness (QED) is 0.790. The third-order valence-electron chi connectivity index (χ3n) is 4.72. The van der Waals surface area contributed by atoms with Crippen molar-refractivity contribution in [2.24, 2.45) is 10.4 Å². The fourth-order valence-electron chi connectivity index (χ4n) is 3.57. The lowest BCUT2D eigenvalue weighted by atomic mass is 9.69. The van der Waals surface area contributed by atoms with Crippen LogP contribution < -0.4 is 5.32 Å². The van der Waals surface area contributed by atoms with Crippen LogP contribution in [0.25, 0.3) is 0 Å². The third-order valence-corrected chi connectivity index (χ3v) is 4.72. The van der Waals surface area contributed by atoms with Gasteiger partial charge in [-0.2, -0.15) is 0 Å². The molecule has 0 radical (unpaired) electrons. The van der Waals surface area contributed by atoms with Crippen LogP contribution in [-0.4, -0.2) is 18.9 Å². The Hall–Kier alpha value is -0.530. The van der Waals surface area contributed by atoms with Gasteiger partial charge in [-0.15, -0.1) is 0 Å². The summed E-state index contributed by atoms with van der Waals surface area (Å²) in [6.07, 6.45) is 15.0. The Morgan fingerprint density at radius 1 is 1.06 bits per heavy atom. The van der Waals surface area contributed by atoms with E-state index in [2.05, 4.69) is 12.2 Å². The number of amidine groups is 1. The number of unbranched alkanes of at least 4 members (excludes halogenated alkanes) is 1. The molecule has 0 aromatic carbocycles. The number of hydrogen-bond donors (Lipinski definition) is 1. The minimum absolute atomic E-state index is 0.422. The summed E-state index contributed by atoms with van der Waals surface area (Å²) in [4.78, 5) is 4.94. The van der Waals surface area contributed by atoms with Crippen LogP contribution in [0.15, 0.2) is 4.99 Å². The molecule has 0 spiro atoms. The van der Waals surface area contributed by atoms with Crippen molar-refractivity contribution in [3.05, 3.63) is 0 Å². The van der Waals surface area contributed by atoms with Crippen molar-refractivity contribution in [3.63, 3.8) is 0 Å². The number of aliphatic imine (C=N–C) groups is 1. The lowest BCUT2D eigenvalue weighted by Crippen LogP contribution is -2.43. The molecule has 0 unspecified atom stereocenters. The highest BCUT2D eigenvalue weighted by Gasteiger charge is 2.36. The van der Waals surface area contributed by atoms with Gasteiger partial charge < -0.3 is 5.32 Å². The van der Waals surface area contributed by atoms with Crippen molar-refractivity contribution in [1.29, 1.82) is 0 Å². The Morgan fingerprint density at radius 3 is 2.61 bits per heavy atom. The zero-order valence-corrected chi connectivity index (χ0v) is 12.1. The van der Waals surface area contributed by atoms with Gasteiger partial charge in [0.2, 0.25) is 0 Å². The Balaban J connectivity index is 2.09. The molecule has 1 heterocycles. The zero-order valence-electron chi connectivity index (χ0n) is 12.1. The van der Waals surface area contributed by atoms with Crippen LogP contribution in [0.4, 0.5) is 0 Å². The van der Waals surface area contributed by atoms with Crippen LogP contribution in [0.1, 0.15) is 77.6 Å². The van der Waals surface area contributed by atoms with Crippen LogP contribution >= 0.6 is 0 Å². The normalized spacial score (nSPS) is 27.5. The van der Waals surface area contributed by atoms with Crippen molar-refractivity contribution in [2.75, 3.05) is 13.1 Å². The van der Waals surface area contributed by atoms with Crippen LogP contribution in [0.2, 0.25) is 0 Å². The first-order valence-corrected chi connectivity index (χ1v) is 8.16. The largest absolute Gasteiger partial charge is 0.373 e. The van der Waals surface area contributed by atoms with E-state index in [0.717, 1.165) is 13.1 Å². The highest BCUT2D eigenvalue weighted by Crippen LogP contribution is 2.41. The van der Waals surface area contributed by atoms with E-state index in [1.54, 1.807) is 0 Å². The molecule has 1 N–H and O–H groups in total. The summed E-state index contributed by atoms with van der Waals surface area (Å²) in [6, 6.07) is 0. The van der Waals surface area contributed by atoms with E-state index in [4.69, 9.17) is 4.99 Å². The van der Waals surface area contributed by atoms with E-state index in [1.807, 2.05) is 0 Å². The average Bonchev–Trinajstić information content (AvgIpc) is 2.37. The second kappa shape index (κ2) is 7.16. The molecule has 1 aliphatic heterocycles. The number of nitrogens with zero attached hydrogens (tertiary/aromatic N) is 1. The molecule has 2 rings (SSSR count). The van der Waals surface area contributed by atoms with Gasteiger partial charge in [-0.3, -0.25) is 4.99 Å². The molecule has 0 bridgehead atoms. The highest BCUT2D eigenvalue weighted by atomic mass is 15.0. The molecule has 1 aliphatic carbocycles. The molecule has 2 aliphatic rings. The van der Waals surface area contributed by atoms with E-state index in [9.17, 15) is 0 Å². The van der Waals surface area contributed by atoms with Crippen molar-refractivity contribution >= 4 is 5.84 Å². The molecule has 18 heavy (non-hydrogen) atoms. The first kappa shape index (κ1) is 13.9. The molecule has 104 valence electrons. The third kappa shape index (κ3) is 3.49. The molecular weight excluding hydrogens is 220 g/mol. The SMILES string of the molecule is CCCCC1(/C2=N/CCCCCN2)CCCCC1. The van der Waals surface area contributed by atoms with Gasteiger partial charge in [0.25, 0.3) is 0 Å². The van der Waals surface area contributed by atoms with E-state index in [0.29, 0.717) is 5.41 Å². The fraction of sp³-hybridized carbons (Fsp3) is 0.938. The molecule has 1 fully saturated rings. The second-order valence-electron chi connectivity index (χ2n) is 6.16. The van der Waals surface area contributed by atoms with Gasteiger partial charge >= 0.3 is 0 Å². The van der Waals surface area contributed by atoms with Gasteiger partial charge in [0.15, 0.2) is 0 Å². The Morgan fingerprint density at radius 2 is 1.83 bits per heavy atom. The number of nitrogens with one attached hydrogen (secondary N) is 1. The van der Waals surface area contributed by atoms with E-state index in [1.165, 1.54) is 76.5 Å². The van der Waals surface area contributed by atoms with Crippen LogP contribution in [-0.2, 0) is 0 Å². The molecular formula is C16H30N2. The fourth-order valence-corrected chi connectivity index (χ4v) is 3.57. The second-order valence-corrected chi connectivity index (χ2v) is 6.16. The van der Waals surface area contributed by atoms with E-state index >= 15 is 0 Å². The van der Waals surface area contributed by atoms with Crippen molar-refractivity contribution in [3.8, 4) is 0 Å². The van der Waals surface area contributed by atoms with E-state index < -0.39 is 0 Å². The van der Waals surface area contributed by atoms with Gasteiger partial charge in [0, 0.05) is 18.5 Å². The molecule has 0 aromatic heterocycles. The predicted octanol–water partition coefficient (Wildman–Crippen LogP) is 4.30. The maximum absolute atomic E-state index is 4.94. The topological polar surface area (TPSA) is 24.4 Å². The molecule has 0 saturated heterocycles. The first-order valence-electron chi connectivity index (χ1n) is 8.16. The van der Waals surface area contributed by atoms with Crippen molar-refractivity contribution < 1.29 is 0 Å². The Bertz CT molecular complexity index is 264. The monoisotopic (exact) mass is 250 g/mol. The number of rotatable bonds is 4. The van der Waals surface area contributed by atoms with E-state index in [-0.39, 0.29) is 0 Å². The first-order chi connectivity index (χ1) is 8.87. The standard InChI is InChI=1S/C16H30N2/c1-2-3-10-16(11-6-4-7-12-16)15-17-13-8-5-9-14-18-15/h2-14H2,1H3,(H,17,18). The maximum Gasteiger partial charge on any atom is 0.103 e. The summed E-state index contributed by atoms with van der Waals surface area (Å²) in [5.41, 5.74) is 0.422. The van der Waals surface area contributed by atoms with Gasteiger partial charge in [-0.25, -0.2) is 0 Å².